The van der Waals surface area contributed by atoms with Crippen molar-refractivity contribution in [2.24, 2.45) is 0 Å². The highest BCUT2D eigenvalue weighted by atomic mass is 16.5. The molecule has 1 aromatic heterocycles. The third-order valence-electron chi connectivity index (χ3n) is 4.92. The van der Waals surface area contributed by atoms with Gasteiger partial charge in [0.15, 0.2) is 16.9 Å². The fraction of sp³-hybridized carbons (Fsp3) is 0.200. The number of carbonyl (C=O) groups excluding carboxylic acids is 1. The van der Waals surface area contributed by atoms with Gasteiger partial charge in [0.2, 0.25) is 5.76 Å². The first kappa shape index (κ1) is 16.2. The standard InChI is InChI=1S/C20H17NO5/c1-9-4-6-12-17(23)15-16(11-5-7-13(22)14(8-11)25-3)21-20(24)19(15)26-18(12)10(9)2/h4-8,16,22H,1-3H3,(H,21,24)/t16-/m0/s1. The number of methoxy groups -OCH3 is 1. The zero-order valence-corrected chi connectivity index (χ0v) is 14.5. The summed E-state index contributed by atoms with van der Waals surface area (Å²) in [5, 5.41) is 13.0. The van der Waals surface area contributed by atoms with Crippen molar-refractivity contribution >= 4 is 16.9 Å². The second kappa shape index (κ2) is 5.62. The number of aryl methyl sites for hydroxylation is 2. The van der Waals surface area contributed by atoms with Crippen molar-refractivity contribution < 1.29 is 19.1 Å². The van der Waals surface area contributed by atoms with Crippen molar-refractivity contribution in [1.82, 2.24) is 5.32 Å². The van der Waals surface area contributed by atoms with Gasteiger partial charge in [-0.1, -0.05) is 12.1 Å². The van der Waals surface area contributed by atoms with Crippen molar-refractivity contribution in [1.29, 1.82) is 0 Å². The number of amides is 1. The molecule has 3 aromatic rings. The predicted molar refractivity (Wildman–Crippen MR) is 95.9 cm³/mol. The van der Waals surface area contributed by atoms with Gasteiger partial charge in [0, 0.05) is 0 Å². The molecule has 1 aliphatic heterocycles. The van der Waals surface area contributed by atoms with Gasteiger partial charge in [-0.05, 0) is 48.7 Å². The molecule has 0 unspecified atom stereocenters. The maximum atomic E-state index is 13.1. The Balaban J connectivity index is 1.98. The lowest BCUT2D eigenvalue weighted by Gasteiger charge is -2.14. The lowest BCUT2D eigenvalue weighted by Crippen LogP contribution is -2.22. The van der Waals surface area contributed by atoms with Gasteiger partial charge in [0.05, 0.1) is 24.1 Å². The van der Waals surface area contributed by atoms with Gasteiger partial charge in [0.25, 0.3) is 5.91 Å². The zero-order valence-electron chi connectivity index (χ0n) is 14.5. The van der Waals surface area contributed by atoms with Crippen LogP contribution in [0.5, 0.6) is 11.5 Å². The molecule has 1 aliphatic rings. The summed E-state index contributed by atoms with van der Waals surface area (Å²) in [5.74, 6) is -0.149. The lowest BCUT2D eigenvalue weighted by atomic mass is 9.97. The van der Waals surface area contributed by atoms with Crippen LogP contribution in [-0.2, 0) is 0 Å². The summed E-state index contributed by atoms with van der Waals surface area (Å²) in [5.41, 5.74) is 2.93. The number of rotatable bonds is 2. The highest BCUT2D eigenvalue weighted by Crippen LogP contribution is 2.35. The molecule has 2 N–H and O–H groups in total. The van der Waals surface area contributed by atoms with Gasteiger partial charge in [-0.2, -0.15) is 0 Å². The van der Waals surface area contributed by atoms with E-state index in [1.807, 2.05) is 19.9 Å². The molecule has 4 rings (SSSR count). The van der Waals surface area contributed by atoms with Crippen LogP contribution in [-0.4, -0.2) is 18.1 Å². The average molecular weight is 351 g/mol. The van der Waals surface area contributed by atoms with Crippen LogP contribution in [0.4, 0.5) is 0 Å². The van der Waals surface area contributed by atoms with Gasteiger partial charge >= 0.3 is 0 Å². The molecule has 0 spiro atoms. The van der Waals surface area contributed by atoms with E-state index in [0.717, 1.165) is 11.1 Å². The summed E-state index contributed by atoms with van der Waals surface area (Å²) in [6.07, 6.45) is 0. The largest absolute Gasteiger partial charge is 0.504 e. The number of carbonyl (C=O) groups is 1. The Morgan fingerprint density at radius 3 is 2.65 bits per heavy atom. The molecule has 6 heteroatoms. The van der Waals surface area contributed by atoms with E-state index in [0.29, 0.717) is 16.5 Å². The third-order valence-corrected chi connectivity index (χ3v) is 4.92. The smallest absolute Gasteiger partial charge is 0.288 e. The maximum absolute atomic E-state index is 13.1. The molecule has 1 atom stereocenters. The minimum Gasteiger partial charge on any atom is -0.504 e. The van der Waals surface area contributed by atoms with Crippen molar-refractivity contribution in [2.75, 3.05) is 7.11 Å². The van der Waals surface area contributed by atoms with Crippen molar-refractivity contribution in [2.45, 2.75) is 19.9 Å². The van der Waals surface area contributed by atoms with Crippen molar-refractivity contribution in [3.8, 4) is 11.5 Å². The molecule has 2 aromatic carbocycles. The fourth-order valence-corrected chi connectivity index (χ4v) is 3.33. The number of fused-ring (bicyclic) bond motifs is 2. The van der Waals surface area contributed by atoms with Crippen LogP contribution < -0.4 is 15.5 Å². The molecule has 0 fully saturated rings. The van der Waals surface area contributed by atoms with Crippen LogP contribution in [0, 0.1) is 13.8 Å². The van der Waals surface area contributed by atoms with Crippen LogP contribution in [0.2, 0.25) is 0 Å². The average Bonchev–Trinajstić information content (AvgIpc) is 2.96. The van der Waals surface area contributed by atoms with Crippen molar-refractivity contribution in [3.05, 3.63) is 68.6 Å². The van der Waals surface area contributed by atoms with E-state index < -0.39 is 11.9 Å². The lowest BCUT2D eigenvalue weighted by molar-refractivity contribution is 0.0938. The molecule has 26 heavy (non-hydrogen) atoms. The molecule has 132 valence electrons. The summed E-state index contributed by atoms with van der Waals surface area (Å²) in [6.45, 7) is 3.79. The third kappa shape index (κ3) is 2.19. The van der Waals surface area contributed by atoms with Gasteiger partial charge in [0.1, 0.15) is 5.58 Å². The minimum absolute atomic E-state index is 0.0163. The number of hydrogen-bond acceptors (Lipinski definition) is 5. The molecule has 0 saturated heterocycles. The summed E-state index contributed by atoms with van der Waals surface area (Å²) >= 11 is 0. The molecule has 0 aliphatic carbocycles. The first-order valence-electron chi connectivity index (χ1n) is 8.17. The van der Waals surface area contributed by atoms with Gasteiger partial charge in [-0.15, -0.1) is 0 Å². The second-order valence-corrected chi connectivity index (χ2v) is 6.40. The van der Waals surface area contributed by atoms with Crippen LogP contribution in [0.1, 0.15) is 38.9 Å². The number of benzene rings is 2. The summed E-state index contributed by atoms with van der Waals surface area (Å²) in [6, 6.07) is 7.63. The normalized spacial score (nSPS) is 15.8. The van der Waals surface area contributed by atoms with E-state index >= 15 is 0 Å². The Morgan fingerprint density at radius 1 is 1.15 bits per heavy atom. The Morgan fingerprint density at radius 2 is 1.92 bits per heavy atom. The minimum atomic E-state index is -0.658. The fourth-order valence-electron chi connectivity index (χ4n) is 3.33. The van der Waals surface area contributed by atoms with Crippen LogP contribution >= 0.6 is 0 Å². The molecule has 0 saturated carbocycles. The van der Waals surface area contributed by atoms with Crippen LogP contribution in [0.15, 0.2) is 39.5 Å². The quantitative estimate of drug-likeness (QED) is 0.741. The molecular weight excluding hydrogens is 334 g/mol. The summed E-state index contributed by atoms with van der Waals surface area (Å²) < 4.78 is 11.0. The molecule has 0 bridgehead atoms. The maximum Gasteiger partial charge on any atom is 0.288 e. The topological polar surface area (TPSA) is 88.8 Å². The Labute approximate surface area is 149 Å². The Hall–Kier alpha value is -3.28. The van der Waals surface area contributed by atoms with Gasteiger partial charge in [-0.25, -0.2) is 0 Å². The zero-order chi connectivity index (χ0) is 18.6. The molecule has 6 nitrogen and oxygen atoms in total. The second-order valence-electron chi connectivity index (χ2n) is 6.40. The highest BCUT2D eigenvalue weighted by Gasteiger charge is 2.36. The molecule has 1 amide bonds. The number of hydrogen-bond donors (Lipinski definition) is 2. The van der Waals surface area contributed by atoms with E-state index in [1.165, 1.54) is 13.2 Å². The SMILES string of the molecule is COc1cc([C@@H]2NC(=O)c3oc4c(C)c(C)ccc4c(=O)c32)ccc1O. The van der Waals surface area contributed by atoms with Crippen molar-refractivity contribution in [3.63, 3.8) is 0 Å². The Bertz CT molecular complexity index is 1130. The van der Waals surface area contributed by atoms with Crippen LogP contribution in [0.25, 0.3) is 11.0 Å². The van der Waals surface area contributed by atoms with E-state index in [4.69, 9.17) is 9.15 Å². The number of aromatic hydroxyl groups is 1. The van der Waals surface area contributed by atoms with Gasteiger partial charge < -0.3 is 19.6 Å². The van der Waals surface area contributed by atoms with E-state index in [2.05, 4.69) is 5.32 Å². The first-order chi connectivity index (χ1) is 12.4. The van der Waals surface area contributed by atoms with E-state index in [9.17, 15) is 14.7 Å². The number of phenolic OH excluding ortho intramolecular Hbond substituents is 1. The van der Waals surface area contributed by atoms with Crippen LogP contribution in [0.3, 0.4) is 0 Å². The van der Waals surface area contributed by atoms with E-state index in [-0.39, 0.29) is 28.3 Å². The monoisotopic (exact) mass is 351 g/mol. The Kier molecular flexibility index (Phi) is 3.50. The first-order valence-corrected chi connectivity index (χ1v) is 8.17. The highest BCUT2D eigenvalue weighted by molar-refractivity contribution is 5.99. The predicted octanol–water partition coefficient (Wildman–Crippen LogP) is 2.96. The van der Waals surface area contributed by atoms with Gasteiger partial charge in [-0.3, -0.25) is 9.59 Å². The number of nitrogens with one attached hydrogen (secondary N) is 1. The molecule has 0 radical (unpaired) electrons. The molecule has 2 heterocycles. The summed E-state index contributed by atoms with van der Waals surface area (Å²) in [4.78, 5) is 25.5. The number of phenols is 1. The molecular formula is C20H17NO5. The number of ether oxygens (including phenoxy) is 1. The van der Waals surface area contributed by atoms with E-state index in [1.54, 1.807) is 18.2 Å². The summed E-state index contributed by atoms with van der Waals surface area (Å²) in [7, 11) is 1.44.